The molecule has 0 aromatic heterocycles. The number of ether oxygens (including phenoxy) is 1. The quantitative estimate of drug-likeness (QED) is 0.922. The SMILES string of the molecule is Cc1ccc(C#N)cc1Oc1cccc(F)c1[C@@H](C)O. The first-order valence-electron chi connectivity index (χ1n) is 6.18. The molecule has 1 atom stereocenters. The van der Waals surface area contributed by atoms with Crippen LogP contribution in [-0.4, -0.2) is 5.11 Å². The maximum atomic E-state index is 13.8. The minimum Gasteiger partial charge on any atom is -0.457 e. The zero-order chi connectivity index (χ0) is 14.7. The minimum absolute atomic E-state index is 0.106. The van der Waals surface area contributed by atoms with Gasteiger partial charge in [-0.1, -0.05) is 12.1 Å². The van der Waals surface area contributed by atoms with Gasteiger partial charge >= 0.3 is 0 Å². The van der Waals surface area contributed by atoms with Gasteiger partial charge in [0.1, 0.15) is 17.3 Å². The number of rotatable bonds is 3. The van der Waals surface area contributed by atoms with Gasteiger partial charge in [-0.2, -0.15) is 5.26 Å². The molecule has 0 aliphatic heterocycles. The highest BCUT2D eigenvalue weighted by Crippen LogP contribution is 2.33. The molecule has 1 N–H and O–H groups in total. The fourth-order valence-electron chi connectivity index (χ4n) is 1.91. The fraction of sp³-hybridized carbons (Fsp3) is 0.188. The van der Waals surface area contributed by atoms with Crippen LogP contribution in [0.1, 0.15) is 29.7 Å². The van der Waals surface area contributed by atoms with Crippen molar-refractivity contribution >= 4 is 0 Å². The highest BCUT2D eigenvalue weighted by Gasteiger charge is 2.16. The topological polar surface area (TPSA) is 53.2 Å². The van der Waals surface area contributed by atoms with Crippen LogP contribution in [-0.2, 0) is 0 Å². The van der Waals surface area contributed by atoms with E-state index in [2.05, 4.69) is 0 Å². The first-order valence-corrected chi connectivity index (χ1v) is 6.18. The number of aryl methyl sites for hydroxylation is 1. The Balaban J connectivity index is 2.45. The summed E-state index contributed by atoms with van der Waals surface area (Å²) in [6.45, 7) is 3.31. The molecule has 2 aromatic rings. The Morgan fingerprint density at radius 1 is 1.25 bits per heavy atom. The fourth-order valence-corrected chi connectivity index (χ4v) is 1.91. The second kappa shape index (κ2) is 5.72. The van der Waals surface area contributed by atoms with E-state index in [-0.39, 0.29) is 11.3 Å². The molecule has 0 saturated carbocycles. The normalized spacial score (nSPS) is 11.8. The van der Waals surface area contributed by atoms with Crippen LogP contribution >= 0.6 is 0 Å². The van der Waals surface area contributed by atoms with Crippen molar-refractivity contribution in [3.05, 3.63) is 58.9 Å². The van der Waals surface area contributed by atoms with Crippen molar-refractivity contribution in [2.75, 3.05) is 0 Å². The van der Waals surface area contributed by atoms with Gasteiger partial charge in [-0.3, -0.25) is 0 Å². The first-order chi connectivity index (χ1) is 9.52. The van der Waals surface area contributed by atoms with Gasteiger partial charge in [-0.15, -0.1) is 0 Å². The predicted molar refractivity (Wildman–Crippen MR) is 73.0 cm³/mol. The van der Waals surface area contributed by atoms with Crippen molar-refractivity contribution in [2.45, 2.75) is 20.0 Å². The molecule has 0 spiro atoms. The second-order valence-electron chi connectivity index (χ2n) is 4.52. The van der Waals surface area contributed by atoms with Gasteiger partial charge in [0.05, 0.1) is 23.3 Å². The number of nitrogens with zero attached hydrogens (tertiary/aromatic N) is 1. The molecular formula is C16H14FNO2. The molecule has 0 saturated heterocycles. The molecule has 2 rings (SSSR count). The van der Waals surface area contributed by atoms with Crippen LogP contribution in [0.3, 0.4) is 0 Å². The lowest BCUT2D eigenvalue weighted by Gasteiger charge is -2.15. The molecule has 2 aromatic carbocycles. The van der Waals surface area contributed by atoms with E-state index in [0.717, 1.165) is 5.56 Å². The predicted octanol–water partition coefficient (Wildman–Crippen LogP) is 3.85. The molecule has 4 heteroatoms. The second-order valence-corrected chi connectivity index (χ2v) is 4.52. The minimum atomic E-state index is -0.981. The summed E-state index contributed by atoms with van der Waals surface area (Å²) in [6, 6.07) is 11.4. The zero-order valence-corrected chi connectivity index (χ0v) is 11.2. The summed E-state index contributed by atoms with van der Waals surface area (Å²) in [6.07, 6.45) is -0.981. The van der Waals surface area contributed by atoms with Crippen LogP contribution in [0.15, 0.2) is 36.4 Å². The molecule has 0 bridgehead atoms. The van der Waals surface area contributed by atoms with Crippen LogP contribution in [0.4, 0.5) is 4.39 Å². The largest absolute Gasteiger partial charge is 0.457 e. The number of hydrogen-bond donors (Lipinski definition) is 1. The van der Waals surface area contributed by atoms with E-state index in [9.17, 15) is 9.50 Å². The Labute approximate surface area is 116 Å². The molecule has 0 fully saturated rings. The lowest BCUT2D eigenvalue weighted by Crippen LogP contribution is -2.00. The van der Waals surface area contributed by atoms with Crippen LogP contribution in [0, 0.1) is 24.1 Å². The lowest BCUT2D eigenvalue weighted by atomic mass is 10.1. The smallest absolute Gasteiger partial charge is 0.136 e. The molecule has 0 amide bonds. The maximum absolute atomic E-state index is 13.8. The van der Waals surface area contributed by atoms with Crippen molar-refractivity contribution in [2.24, 2.45) is 0 Å². The standard InChI is InChI=1S/C16H14FNO2/c1-10-6-7-12(9-18)8-15(10)20-14-5-3-4-13(17)16(14)11(2)19/h3-8,11,19H,1-2H3/t11-/m1/s1. The Bertz CT molecular complexity index is 675. The summed E-state index contributed by atoms with van der Waals surface area (Å²) in [7, 11) is 0. The number of hydrogen-bond acceptors (Lipinski definition) is 3. The third kappa shape index (κ3) is 2.79. The molecular weight excluding hydrogens is 257 g/mol. The van der Waals surface area contributed by atoms with E-state index in [1.54, 1.807) is 24.3 Å². The van der Waals surface area contributed by atoms with Crippen LogP contribution < -0.4 is 4.74 Å². The van der Waals surface area contributed by atoms with Crippen LogP contribution in [0.5, 0.6) is 11.5 Å². The maximum Gasteiger partial charge on any atom is 0.136 e. The van der Waals surface area contributed by atoms with E-state index in [4.69, 9.17) is 10.00 Å². The molecule has 20 heavy (non-hydrogen) atoms. The van der Waals surface area contributed by atoms with Gasteiger partial charge < -0.3 is 9.84 Å². The molecule has 0 unspecified atom stereocenters. The van der Waals surface area contributed by atoms with Crippen LogP contribution in [0.2, 0.25) is 0 Å². The van der Waals surface area contributed by atoms with Gasteiger partial charge in [0, 0.05) is 0 Å². The lowest BCUT2D eigenvalue weighted by molar-refractivity contribution is 0.190. The molecule has 102 valence electrons. The number of benzene rings is 2. The Morgan fingerprint density at radius 3 is 2.65 bits per heavy atom. The third-order valence-corrected chi connectivity index (χ3v) is 2.97. The van der Waals surface area contributed by atoms with Crippen molar-refractivity contribution < 1.29 is 14.2 Å². The Kier molecular flexibility index (Phi) is 4.02. The highest BCUT2D eigenvalue weighted by molar-refractivity contribution is 5.46. The summed E-state index contributed by atoms with van der Waals surface area (Å²) >= 11 is 0. The van der Waals surface area contributed by atoms with Crippen LogP contribution in [0.25, 0.3) is 0 Å². The van der Waals surface area contributed by atoms with Gasteiger partial charge in [-0.25, -0.2) is 4.39 Å². The summed E-state index contributed by atoms with van der Waals surface area (Å²) < 4.78 is 19.4. The average Bonchev–Trinajstić information content (AvgIpc) is 2.41. The summed E-state index contributed by atoms with van der Waals surface area (Å²) in [4.78, 5) is 0. The van der Waals surface area contributed by atoms with Gasteiger partial charge in [-0.05, 0) is 43.7 Å². The van der Waals surface area contributed by atoms with Gasteiger partial charge in [0.2, 0.25) is 0 Å². The number of aliphatic hydroxyl groups is 1. The van der Waals surface area contributed by atoms with E-state index in [1.807, 2.05) is 13.0 Å². The molecule has 0 aliphatic carbocycles. The molecule has 0 aliphatic rings. The van der Waals surface area contributed by atoms with Crippen molar-refractivity contribution in [1.82, 2.24) is 0 Å². The van der Waals surface area contributed by atoms with Gasteiger partial charge in [0.15, 0.2) is 0 Å². The summed E-state index contributed by atoms with van der Waals surface area (Å²) in [5.41, 5.74) is 1.39. The van der Waals surface area contributed by atoms with Crippen molar-refractivity contribution in [1.29, 1.82) is 5.26 Å². The van der Waals surface area contributed by atoms with E-state index < -0.39 is 11.9 Å². The average molecular weight is 271 g/mol. The number of halogens is 1. The summed E-state index contributed by atoms with van der Waals surface area (Å²) in [5, 5.41) is 18.6. The Hall–Kier alpha value is -2.38. The zero-order valence-electron chi connectivity index (χ0n) is 11.2. The molecule has 3 nitrogen and oxygen atoms in total. The van der Waals surface area contributed by atoms with E-state index >= 15 is 0 Å². The number of nitriles is 1. The van der Waals surface area contributed by atoms with Crippen molar-refractivity contribution in [3.8, 4) is 17.6 Å². The highest BCUT2D eigenvalue weighted by atomic mass is 19.1. The first kappa shape index (κ1) is 14.0. The third-order valence-electron chi connectivity index (χ3n) is 2.97. The van der Waals surface area contributed by atoms with E-state index in [1.165, 1.54) is 19.1 Å². The number of aliphatic hydroxyl groups excluding tert-OH is 1. The summed E-state index contributed by atoms with van der Waals surface area (Å²) in [5.74, 6) is 0.196. The Morgan fingerprint density at radius 2 is 2.00 bits per heavy atom. The van der Waals surface area contributed by atoms with Gasteiger partial charge in [0.25, 0.3) is 0 Å². The molecule has 0 heterocycles. The molecule has 0 radical (unpaired) electrons. The van der Waals surface area contributed by atoms with Crippen molar-refractivity contribution in [3.63, 3.8) is 0 Å². The monoisotopic (exact) mass is 271 g/mol. The van der Waals surface area contributed by atoms with E-state index in [0.29, 0.717) is 11.3 Å².